The fraction of sp³-hybridized carbons (Fsp3) is 0.333. The maximum Gasteiger partial charge on any atom is 0.407 e. The van der Waals surface area contributed by atoms with Crippen molar-refractivity contribution in [3.63, 3.8) is 0 Å². The maximum atomic E-state index is 14.7. The number of anilines is 2. The van der Waals surface area contributed by atoms with E-state index >= 15 is 0 Å². The molecule has 1 saturated heterocycles. The predicted octanol–water partition coefficient (Wildman–Crippen LogP) is 1.36. The molecule has 0 radical (unpaired) electrons. The van der Waals surface area contributed by atoms with Crippen LogP contribution in [0.2, 0.25) is 4.34 Å². The number of aliphatic hydroxyl groups excluding tert-OH is 1. The van der Waals surface area contributed by atoms with Crippen LogP contribution in [0.25, 0.3) is 0 Å². The maximum absolute atomic E-state index is 14.7. The van der Waals surface area contributed by atoms with Crippen molar-refractivity contribution in [3.05, 3.63) is 45.4 Å². The van der Waals surface area contributed by atoms with Gasteiger partial charge in [0.1, 0.15) is 25.1 Å². The summed E-state index contributed by atoms with van der Waals surface area (Å²) < 4.78 is 24.8. The van der Waals surface area contributed by atoms with Crippen molar-refractivity contribution in [2.45, 2.75) is 6.04 Å². The number of halogens is 2. The Balaban J connectivity index is 1.68. The summed E-state index contributed by atoms with van der Waals surface area (Å²) in [6.07, 6.45) is -1.00. The van der Waals surface area contributed by atoms with Gasteiger partial charge < -0.3 is 35.4 Å². The van der Waals surface area contributed by atoms with Gasteiger partial charge in [0.15, 0.2) is 0 Å². The standard InChI is InChI=1S/C21H22ClFN4O7S/c22-17-4-3-16(35-17)20(31)24-10-14(26-21(32)34-8-6-28)19(30)25-12-1-2-15(13(23)9-12)27-5-7-33-11-18(27)29/h1-4,9,14,28H,5-8,10-11H2,(H,24,31)(H,25,30)(H,26,32)/t14-/m1/s1. The van der Waals surface area contributed by atoms with Gasteiger partial charge in [-0.15, -0.1) is 11.3 Å². The Hall–Kier alpha value is -3.26. The van der Waals surface area contributed by atoms with E-state index in [0.29, 0.717) is 9.21 Å². The summed E-state index contributed by atoms with van der Waals surface area (Å²) in [5.74, 6) is -2.42. The first-order chi connectivity index (χ1) is 16.8. The van der Waals surface area contributed by atoms with Crippen molar-refractivity contribution in [2.75, 3.05) is 49.7 Å². The number of hydrogen-bond donors (Lipinski definition) is 4. The number of carbonyl (C=O) groups excluding carboxylic acids is 4. The SMILES string of the molecule is O=C(N[C@H](CNC(=O)c1ccc(Cl)s1)C(=O)Nc1ccc(N2CCOCC2=O)c(F)c1)OCCO. The molecule has 0 aliphatic carbocycles. The lowest BCUT2D eigenvalue weighted by Crippen LogP contribution is -2.50. The van der Waals surface area contributed by atoms with Crippen LogP contribution in [0.15, 0.2) is 30.3 Å². The molecule has 3 rings (SSSR count). The first kappa shape index (κ1) is 26.3. The highest BCUT2D eigenvalue weighted by atomic mass is 35.5. The van der Waals surface area contributed by atoms with Crippen LogP contribution < -0.4 is 20.9 Å². The van der Waals surface area contributed by atoms with Gasteiger partial charge in [-0.25, -0.2) is 9.18 Å². The van der Waals surface area contributed by atoms with E-state index in [1.807, 2.05) is 0 Å². The Morgan fingerprint density at radius 1 is 1.29 bits per heavy atom. The normalized spacial score (nSPS) is 14.3. The molecule has 0 bridgehead atoms. The third kappa shape index (κ3) is 7.36. The molecule has 11 nitrogen and oxygen atoms in total. The summed E-state index contributed by atoms with van der Waals surface area (Å²) in [5, 5.41) is 16.1. The lowest BCUT2D eigenvalue weighted by atomic mass is 10.2. The average molecular weight is 529 g/mol. The lowest BCUT2D eigenvalue weighted by Gasteiger charge is -2.27. The molecule has 2 heterocycles. The number of carbonyl (C=O) groups is 4. The fourth-order valence-corrected chi connectivity index (χ4v) is 4.01. The van der Waals surface area contributed by atoms with Crippen LogP contribution in [0.5, 0.6) is 0 Å². The molecule has 188 valence electrons. The minimum absolute atomic E-state index is 0.0421. The summed E-state index contributed by atoms with van der Waals surface area (Å²) in [7, 11) is 0. The van der Waals surface area contributed by atoms with Gasteiger partial charge in [-0.3, -0.25) is 14.4 Å². The number of nitrogens with zero attached hydrogens (tertiary/aromatic N) is 1. The number of benzene rings is 1. The number of ether oxygens (including phenoxy) is 2. The van der Waals surface area contributed by atoms with E-state index in [4.69, 9.17) is 26.2 Å². The van der Waals surface area contributed by atoms with E-state index in [0.717, 1.165) is 17.4 Å². The summed E-state index contributed by atoms with van der Waals surface area (Å²) in [4.78, 5) is 50.6. The first-order valence-corrected chi connectivity index (χ1v) is 11.5. The number of aliphatic hydroxyl groups is 1. The van der Waals surface area contributed by atoms with Crippen molar-refractivity contribution in [1.82, 2.24) is 10.6 Å². The molecule has 0 saturated carbocycles. The van der Waals surface area contributed by atoms with Gasteiger partial charge in [0, 0.05) is 18.8 Å². The monoisotopic (exact) mass is 528 g/mol. The molecule has 1 aliphatic heterocycles. The highest BCUT2D eigenvalue weighted by Gasteiger charge is 2.25. The smallest absolute Gasteiger partial charge is 0.407 e. The highest BCUT2D eigenvalue weighted by Crippen LogP contribution is 2.24. The first-order valence-electron chi connectivity index (χ1n) is 10.3. The van der Waals surface area contributed by atoms with E-state index < -0.39 is 36.4 Å². The van der Waals surface area contributed by atoms with Gasteiger partial charge in [-0.05, 0) is 30.3 Å². The van der Waals surface area contributed by atoms with E-state index in [1.165, 1.54) is 23.1 Å². The number of hydrogen-bond acceptors (Lipinski definition) is 8. The van der Waals surface area contributed by atoms with Crippen LogP contribution in [0, 0.1) is 5.82 Å². The van der Waals surface area contributed by atoms with Crippen LogP contribution in [0.3, 0.4) is 0 Å². The van der Waals surface area contributed by atoms with Crippen molar-refractivity contribution >= 4 is 58.1 Å². The van der Waals surface area contributed by atoms with E-state index in [1.54, 1.807) is 6.07 Å². The van der Waals surface area contributed by atoms with E-state index in [-0.39, 0.29) is 50.2 Å². The highest BCUT2D eigenvalue weighted by molar-refractivity contribution is 7.18. The molecule has 0 spiro atoms. The third-order valence-corrected chi connectivity index (χ3v) is 5.92. The minimum atomic E-state index is -1.30. The molecule has 4 amide bonds. The zero-order valence-corrected chi connectivity index (χ0v) is 19.8. The van der Waals surface area contributed by atoms with Gasteiger partial charge in [0.25, 0.3) is 11.8 Å². The molecule has 35 heavy (non-hydrogen) atoms. The molecule has 1 aliphatic rings. The van der Waals surface area contributed by atoms with E-state index in [9.17, 15) is 23.6 Å². The molecular formula is C21H22ClFN4O7S. The topological polar surface area (TPSA) is 146 Å². The summed E-state index contributed by atoms with van der Waals surface area (Å²) in [6, 6.07) is 5.51. The van der Waals surface area contributed by atoms with Crippen LogP contribution >= 0.6 is 22.9 Å². The van der Waals surface area contributed by atoms with Crippen molar-refractivity contribution in [3.8, 4) is 0 Å². The molecule has 0 unspecified atom stereocenters. The number of alkyl carbamates (subject to hydrolysis) is 1. The number of thiophene rings is 1. The fourth-order valence-electron chi connectivity index (χ4n) is 3.06. The second-order valence-corrected chi connectivity index (χ2v) is 8.84. The van der Waals surface area contributed by atoms with Gasteiger partial charge in [0.2, 0.25) is 5.91 Å². The minimum Gasteiger partial charge on any atom is -0.447 e. The summed E-state index contributed by atoms with van der Waals surface area (Å²) in [6.45, 7) is -0.728. The zero-order valence-electron chi connectivity index (χ0n) is 18.2. The quantitative estimate of drug-likeness (QED) is 0.384. The second kappa shape index (κ2) is 12.4. The number of morpholine rings is 1. The average Bonchev–Trinajstić information content (AvgIpc) is 3.27. The molecule has 2 aromatic rings. The Morgan fingerprint density at radius 2 is 2.09 bits per heavy atom. The van der Waals surface area contributed by atoms with E-state index in [2.05, 4.69) is 16.0 Å². The van der Waals surface area contributed by atoms with Gasteiger partial charge in [-0.2, -0.15) is 0 Å². The van der Waals surface area contributed by atoms with Gasteiger partial charge in [-0.1, -0.05) is 11.6 Å². The van der Waals surface area contributed by atoms with Crippen LogP contribution in [0.1, 0.15) is 9.67 Å². The molecule has 4 N–H and O–H groups in total. The molecule has 1 aromatic carbocycles. The molecule has 1 fully saturated rings. The number of nitrogens with one attached hydrogen (secondary N) is 3. The Labute approximate surface area is 208 Å². The Kier molecular flexibility index (Phi) is 9.37. The lowest BCUT2D eigenvalue weighted by molar-refractivity contribution is -0.125. The number of amides is 4. The van der Waals surface area contributed by atoms with Crippen LogP contribution in [-0.2, 0) is 19.1 Å². The predicted molar refractivity (Wildman–Crippen MR) is 125 cm³/mol. The van der Waals surface area contributed by atoms with Gasteiger partial charge >= 0.3 is 6.09 Å². The molecule has 14 heteroatoms. The van der Waals surface area contributed by atoms with Crippen molar-refractivity contribution < 1.29 is 38.1 Å². The zero-order chi connectivity index (χ0) is 25.4. The second-order valence-electron chi connectivity index (χ2n) is 7.12. The molecular weight excluding hydrogens is 507 g/mol. The summed E-state index contributed by atoms with van der Waals surface area (Å²) in [5.41, 5.74) is 0.101. The third-order valence-electron chi connectivity index (χ3n) is 4.69. The number of rotatable bonds is 9. The van der Waals surface area contributed by atoms with Crippen molar-refractivity contribution in [1.29, 1.82) is 0 Å². The van der Waals surface area contributed by atoms with Gasteiger partial charge in [0.05, 0.1) is 28.1 Å². The van der Waals surface area contributed by atoms with Crippen molar-refractivity contribution in [2.24, 2.45) is 0 Å². The summed E-state index contributed by atoms with van der Waals surface area (Å²) >= 11 is 6.86. The largest absolute Gasteiger partial charge is 0.447 e. The molecule has 1 atom stereocenters. The van der Waals surface area contributed by atoms with Crippen LogP contribution in [0.4, 0.5) is 20.6 Å². The van der Waals surface area contributed by atoms with Crippen LogP contribution in [-0.4, -0.2) is 74.5 Å². The Morgan fingerprint density at radius 3 is 2.74 bits per heavy atom. The Bertz CT molecular complexity index is 1100. The molecule has 1 aromatic heterocycles.